The van der Waals surface area contributed by atoms with Gasteiger partial charge in [0, 0.05) is 23.0 Å². The Bertz CT molecular complexity index is 1270. The van der Waals surface area contributed by atoms with Crippen LogP contribution in [0, 0.1) is 0 Å². The molecular weight excluding hydrogens is 434 g/mol. The topological polar surface area (TPSA) is 99.5 Å². The van der Waals surface area contributed by atoms with Gasteiger partial charge in [-0.05, 0) is 55.5 Å². The molecule has 2 N–H and O–H groups in total. The summed E-state index contributed by atoms with van der Waals surface area (Å²) in [7, 11) is 3.19. The molecule has 0 radical (unpaired) electrons. The molecule has 1 heterocycles. The molecule has 174 valence electrons. The number of amides is 2. The van der Waals surface area contributed by atoms with E-state index < -0.39 is 0 Å². The summed E-state index contributed by atoms with van der Waals surface area (Å²) in [5, 5.41) is 10.1. The molecule has 2 amide bonds. The molecule has 3 aromatic carbocycles. The summed E-state index contributed by atoms with van der Waals surface area (Å²) in [5.74, 6) is 1.98. The van der Waals surface area contributed by atoms with E-state index in [1.165, 1.54) is 0 Å². The highest BCUT2D eigenvalue weighted by Crippen LogP contribution is 2.27. The van der Waals surface area contributed by atoms with Crippen LogP contribution >= 0.6 is 0 Å². The largest absolute Gasteiger partial charge is 0.497 e. The molecule has 9 nitrogen and oxygen atoms in total. The molecule has 34 heavy (non-hydrogen) atoms. The predicted molar refractivity (Wildman–Crippen MR) is 130 cm³/mol. The van der Waals surface area contributed by atoms with Crippen LogP contribution in [0.15, 0.2) is 72.8 Å². The number of carbonyl (C=O) groups is 1. The van der Waals surface area contributed by atoms with E-state index in [9.17, 15) is 4.79 Å². The van der Waals surface area contributed by atoms with Crippen molar-refractivity contribution in [2.45, 2.75) is 6.92 Å². The Kier molecular flexibility index (Phi) is 6.92. The third kappa shape index (κ3) is 5.26. The highest BCUT2D eigenvalue weighted by Gasteiger charge is 2.15. The van der Waals surface area contributed by atoms with Crippen LogP contribution in [0.1, 0.15) is 6.92 Å². The average Bonchev–Trinajstić information content (AvgIpc) is 3.29. The van der Waals surface area contributed by atoms with E-state index in [1.54, 1.807) is 49.2 Å². The number of nitrogens with one attached hydrogen (secondary N) is 2. The molecule has 4 rings (SSSR count). The van der Waals surface area contributed by atoms with Gasteiger partial charge in [-0.15, -0.1) is 5.10 Å². The lowest BCUT2D eigenvalue weighted by molar-refractivity contribution is 0.262. The van der Waals surface area contributed by atoms with Gasteiger partial charge in [-0.2, -0.15) is 4.98 Å². The van der Waals surface area contributed by atoms with Crippen molar-refractivity contribution >= 4 is 17.4 Å². The second-order valence-electron chi connectivity index (χ2n) is 7.15. The van der Waals surface area contributed by atoms with Crippen LogP contribution in [-0.4, -0.2) is 41.6 Å². The summed E-state index contributed by atoms with van der Waals surface area (Å²) in [6.45, 7) is 2.33. The van der Waals surface area contributed by atoms with Gasteiger partial charge in [0.05, 0.1) is 26.5 Å². The minimum absolute atomic E-state index is 0.278. The van der Waals surface area contributed by atoms with Crippen molar-refractivity contribution in [2.75, 3.05) is 31.5 Å². The Hall–Kier alpha value is -4.53. The number of hydrogen-bond donors (Lipinski definition) is 2. The number of urea groups is 1. The third-order valence-corrected chi connectivity index (χ3v) is 4.89. The number of rotatable bonds is 8. The summed E-state index contributed by atoms with van der Waals surface area (Å²) < 4.78 is 17.7. The Labute approximate surface area is 197 Å². The normalized spacial score (nSPS) is 10.4. The maximum absolute atomic E-state index is 12.4. The Balaban J connectivity index is 1.54. The molecule has 0 aliphatic carbocycles. The van der Waals surface area contributed by atoms with E-state index in [0.717, 1.165) is 11.3 Å². The second kappa shape index (κ2) is 10.4. The number of aromatic nitrogens is 3. The van der Waals surface area contributed by atoms with E-state index in [4.69, 9.17) is 14.2 Å². The number of ether oxygens (including phenoxy) is 3. The van der Waals surface area contributed by atoms with E-state index in [1.807, 2.05) is 49.4 Å². The van der Waals surface area contributed by atoms with Crippen molar-refractivity contribution in [2.24, 2.45) is 0 Å². The molecule has 0 unspecified atom stereocenters. The molecule has 0 aliphatic rings. The van der Waals surface area contributed by atoms with Crippen molar-refractivity contribution < 1.29 is 19.0 Å². The SMILES string of the molecule is CCOc1nc(-c2cccc(OC)c2)n(-c2ccc(NC(=O)Nc3cccc(OC)c3)cc2)n1. The van der Waals surface area contributed by atoms with Crippen LogP contribution in [0.5, 0.6) is 17.5 Å². The molecular formula is C25H25N5O4. The minimum Gasteiger partial charge on any atom is -0.497 e. The van der Waals surface area contributed by atoms with Gasteiger partial charge in [0.1, 0.15) is 11.5 Å². The number of anilines is 2. The van der Waals surface area contributed by atoms with Gasteiger partial charge in [0.25, 0.3) is 0 Å². The minimum atomic E-state index is -0.363. The highest BCUT2D eigenvalue weighted by atomic mass is 16.5. The Morgan fingerprint density at radius 1 is 0.882 bits per heavy atom. The number of nitrogens with zero attached hydrogens (tertiary/aromatic N) is 3. The van der Waals surface area contributed by atoms with Gasteiger partial charge in [-0.3, -0.25) is 0 Å². The average molecular weight is 460 g/mol. The van der Waals surface area contributed by atoms with E-state index in [0.29, 0.717) is 35.3 Å². The predicted octanol–water partition coefficient (Wildman–Crippen LogP) is 4.99. The van der Waals surface area contributed by atoms with Crippen molar-refractivity contribution in [3.8, 4) is 34.6 Å². The molecule has 0 spiro atoms. The van der Waals surface area contributed by atoms with Crippen molar-refractivity contribution in [1.29, 1.82) is 0 Å². The summed E-state index contributed by atoms with van der Waals surface area (Å²) in [6.07, 6.45) is 0. The summed E-state index contributed by atoms with van der Waals surface area (Å²) in [4.78, 5) is 16.9. The molecule has 0 saturated carbocycles. The summed E-state index contributed by atoms with van der Waals surface area (Å²) in [6, 6.07) is 21.9. The maximum atomic E-state index is 12.4. The van der Waals surface area contributed by atoms with E-state index >= 15 is 0 Å². The number of carbonyl (C=O) groups excluding carboxylic acids is 1. The van der Waals surface area contributed by atoms with Crippen LogP contribution in [0.25, 0.3) is 17.1 Å². The number of hydrogen-bond acceptors (Lipinski definition) is 6. The van der Waals surface area contributed by atoms with Gasteiger partial charge in [-0.25, -0.2) is 9.48 Å². The fourth-order valence-electron chi connectivity index (χ4n) is 3.29. The van der Waals surface area contributed by atoms with Crippen LogP contribution < -0.4 is 24.8 Å². The zero-order chi connectivity index (χ0) is 23.9. The van der Waals surface area contributed by atoms with Crippen LogP contribution in [0.4, 0.5) is 16.2 Å². The molecule has 9 heteroatoms. The zero-order valence-corrected chi connectivity index (χ0v) is 19.1. The fraction of sp³-hybridized carbons (Fsp3) is 0.160. The van der Waals surface area contributed by atoms with Gasteiger partial charge < -0.3 is 24.8 Å². The van der Waals surface area contributed by atoms with Crippen molar-refractivity contribution in [3.63, 3.8) is 0 Å². The van der Waals surface area contributed by atoms with Crippen LogP contribution in [0.2, 0.25) is 0 Å². The van der Waals surface area contributed by atoms with Crippen LogP contribution in [-0.2, 0) is 0 Å². The fourth-order valence-corrected chi connectivity index (χ4v) is 3.29. The van der Waals surface area contributed by atoms with Crippen LogP contribution in [0.3, 0.4) is 0 Å². The number of methoxy groups -OCH3 is 2. The number of benzene rings is 3. The lowest BCUT2D eigenvalue weighted by Gasteiger charge is -2.10. The first-order valence-corrected chi connectivity index (χ1v) is 10.7. The summed E-state index contributed by atoms with van der Waals surface area (Å²) >= 11 is 0. The first kappa shape index (κ1) is 22.7. The smallest absolute Gasteiger partial charge is 0.336 e. The molecule has 0 atom stereocenters. The second-order valence-corrected chi connectivity index (χ2v) is 7.15. The highest BCUT2D eigenvalue weighted by molar-refractivity contribution is 5.99. The molecule has 0 fully saturated rings. The first-order valence-electron chi connectivity index (χ1n) is 10.7. The molecule has 0 saturated heterocycles. The van der Waals surface area contributed by atoms with Gasteiger partial charge in [-0.1, -0.05) is 18.2 Å². The standard InChI is InChI=1S/C25H25N5O4/c1-4-34-25-28-23(17-7-5-9-21(15-17)32-2)30(29-25)20-13-11-18(12-14-20)26-24(31)27-19-8-6-10-22(16-19)33-3/h5-16H,4H2,1-3H3,(H2,26,27,31). The van der Waals surface area contributed by atoms with E-state index in [2.05, 4.69) is 20.7 Å². The molecule has 0 bridgehead atoms. The van der Waals surface area contributed by atoms with Crippen molar-refractivity contribution in [1.82, 2.24) is 14.8 Å². The Morgan fingerprint density at radius 2 is 1.56 bits per heavy atom. The Morgan fingerprint density at radius 3 is 2.26 bits per heavy atom. The quantitative estimate of drug-likeness (QED) is 0.385. The third-order valence-electron chi connectivity index (χ3n) is 4.89. The molecule has 0 aliphatic heterocycles. The van der Waals surface area contributed by atoms with Crippen molar-refractivity contribution in [3.05, 3.63) is 72.8 Å². The summed E-state index contributed by atoms with van der Waals surface area (Å²) in [5.41, 5.74) is 2.84. The lowest BCUT2D eigenvalue weighted by Crippen LogP contribution is -2.19. The van der Waals surface area contributed by atoms with E-state index in [-0.39, 0.29) is 12.0 Å². The zero-order valence-electron chi connectivity index (χ0n) is 19.1. The maximum Gasteiger partial charge on any atom is 0.336 e. The monoisotopic (exact) mass is 459 g/mol. The van der Waals surface area contributed by atoms with Gasteiger partial charge in [0.2, 0.25) is 0 Å². The van der Waals surface area contributed by atoms with Gasteiger partial charge in [0.15, 0.2) is 5.82 Å². The first-order chi connectivity index (χ1) is 16.6. The molecule has 4 aromatic rings. The lowest BCUT2D eigenvalue weighted by atomic mass is 10.2. The molecule has 1 aromatic heterocycles. The van der Waals surface area contributed by atoms with Gasteiger partial charge >= 0.3 is 12.0 Å².